The second kappa shape index (κ2) is 9.06. The molecular formula is C17H24Cl2N4O. The Labute approximate surface area is 155 Å². The van der Waals surface area contributed by atoms with Gasteiger partial charge in [-0.15, -0.1) is 24.8 Å². The number of hydrogen-bond donors (Lipinski definition) is 2. The number of nitrogens with one attached hydrogen (secondary N) is 2. The van der Waals surface area contributed by atoms with E-state index in [0.29, 0.717) is 5.56 Å². The third-order valence-electron chi connectivity index (χ3n) is 4.14. The molecule has 1 aromatic carbocycles. The summed E-state index contributed by atoms with van der Waals surface area (Å²) < 4.78 is 0. The van der Waals surface area contributed by atoms with Crippen LogP contribution in [-0.4, -0.2) is 40.4 Å². The molecule has 24 heavy (non-hydrogen) atoms. The zero-order valence-corrected chi connectivity index (χ0v) is 15.6. The summed E-state index contributed by atoms with van der Waals surface area (Å²) >= 11 is 0. The number of carbonyl (C=O) groups excluding carboxylic acids is 1. The molecule has 132 valence electrons. The van der Waals surface area contributed by atoms with Crippen molar-refractivity contribution in [2.45, 2.75) is 26.8 Å². The van der Waals surface area contributed by atoms with Crippen LogP contribution in [-0.2, 0) is 13.0 Å². The van der Waals surface area contributed by atoms with Gasteiger partial charge < -0.3 is 15.2 Å². The van der Waals surface area contributed by atoms with Gasteiger partial charge in [0.25, 0.3) is 5.91 Å². The van der Waals surface area contributed by atoms with E-state index < -0.39 is 0 Å². The number of hydrogen-bond acceptors (Lipinski definition) is 3. The second-order valence-electron chi connectivity index (χ2n) is 5.50. The molecule has 0 saturated heterocycles. The van der Waals surface area contributed by atoms with Gasteiger partial charge >= 0.3 is 0 Å². The van der Waals surface area contributed by atoms with Crippen molar-refractivity contribution in [2.75, 3.05) is 19.6 Å². The molecule has 1 amide bonds. The molecule has 2 heterocycles. The van der Waals surface area contributed by atoms with Crippen LogP contribution in [0.3, 0.4) is 0 Å². The van der Waals surface area contributed by atoms with Gasteiger partial charge in [0.15, 0.2) is 0 Å². The van der Waals surface area contributed by atoms with E-state index in [2.05, 4.69) is 15.3 Å². The summed E-state index contributed by atoms with van der Waals surface area (Å²) in [6.07, 6.45) is 0.948. The molecule has 1 aliphatic rings. The normalized spacial score (nSPS) is 12.6. The first-order chi connectivity index (χ1) is 10.7. The third-order valence-corrected chi connectivity index (χ3v) is 4.14. The molecule has 0 unspecified atom stereocenters. The molecule has 2 N–H and O–H groups in total. The van der Waals surface area contributed by atoms with Crippen LogP contribution in [0.5, 0.6) is 0 Å². The molecule has 5 nitrogen and oxygen atoms in total. The Morgan fingerprint density at radius 3 is 2.67 bits per heavy atom. The zero-order chi connectivity index (χ0) is 15.5. The molecule has 0 bridgehead atoms. The maximum Gasteiger partial charge on any atom is 0.253 e. The van der Waals surface area contributed by atoms with E-state index in [-0.39, 0.29) is 30.7 Å². The highest BCUT2D eigenvalue weighted by Gasteiger charge is 2.17. The van der Waals surface area contributed by atoms with Crippen LogP contribution in [0, 0.1) is 0 Å². The molecule has 0 saturated carbocycles. The van der Waals surface area contributed by atoms with Crippen LogP contribution >= 0.6 is 24.8 Å². The fourth-order valence-electron chi connectivity index (χ4n) is 2.85. The molecule has 1 aromatic heterocycles. The Morgan fingerprint density at radius 2 is 2.00 bits per heavy atom. The van der Waals surface area contributed by atoms with Gasteiger partial charge in [0.2, 0.25) is 0 Å². The van der Waals surface area contributed by atoms with Gasteiger partial charge in [0.1, 0.15) is 5.82 Å². The van der Waals surface area contributed by atoms with Crippen molar-refractivity contribution < 1.29 is 4.79 Å². The molecular weight excluding hydrogens is 347 g/mol. The van der Waals surface area contributed by atoms with Crippen LogP contribution < -0.4 is 5.32 Å². The van der Waals surface area contributed by atoms with Gasteiger partial charge in [0, 0.05) is 43.7 Å². The molecule has 0 fully saturated rings. The van der Waals surface area contributed by atoms with E-state index in [1.54, 1.807) is 0 Å². The smallest absolute Gasteiger partial charge is 0.253 e. The van der Waals surface area contributed by atoms with Crippen LogP contribution in [0.2, 0.25) is 0 Å². The van der Waals surface area contributed by atoms with Gasteiger partial charge in [-0.25, -0.2) is 4.98 Å². The lowest BCUT2D eigenvalue weighted by Crippen LogP contribution is -2.30. The largest absolute Gasteiger partial charge is 0.341 e. The number of halogens is 2. The van der Waals surface area contributed by atoms with E-state index in [9.17, 15) is 4.79 Å². The van der Waals surface area contributed by atoms with Gasteiger partial charge in [0.05, 0.1) is 11.4 Å². The van der Waals surface area contributed by atoms with Gasteiger partial charge in [-0.05, 0) is 26.0 Å². The fourth-order valence-corrected chi connectivity index (χ4v) is 2.85. The lowest BCUT2D eigenvalue weighted by molar-refractivity contribution is 0.0773. The highest BCUT2D eigenvalue weighted by molar-refractivity contribution is 5.95. The number of fused-ring (bicyclic) bond motifs is 1. The zero-order valence-electron chi connectivity index (χ0n) is 14.0. The first-order valence-corrected chi connectivity index (χ1v) is 7.91. The molecule has 2 aromatic rings. The van der Waals surface area contributed by atoms with Gasteiger partial charge in [-0.3, -0.25) is 4.79 Å². The third kappa shape index (κ3) is 4.09. The number of carbonyl (C=O) groups is 1. The van der Waals surface area contributed by atoms with Crippen molar-refractivity contribution in [3.8, 4) is 11.4 Å². The molecule has 3 rings (SSSR count). The van der Waals surface area contributed by atoms with Crippen molar-refractivity contribution in [3.05, 3.63) is 41.2 Å². The quantitative estimate of drug-likeness (QED) is 0.869. The monoisotopic (exact) mass is 370 g/mol. The average molecular weight is 371 g/mol. The SMILES string of the molecule is CCN(CC)C(=O)c1cccc(-c2nc3c([nH]2)CNCC3)c1.Cl.Cl. The van der Waals surface area contributed by atoms with E-state index in [0.717, 1.165) is 55.4 Å². The first-order valence-electron chi connectivity index (χ1n) is 7.91. The molecule has 0 aliphatic carbocycles. The second-order valence-corrected chi connectivity index (χ2v) is 5.50. The van der Waals surface area contributed by atoms with Crippen molar-refractivity contribution >= 4 is 30.7 Å². The maximum absolute atomic E-state index is 12.5. The van der Waals surface area contributed by atoms with Crippen LogP contribution in [0.15, 0.2) is 24.3 Å². The number of nitrogens with zero attached hydrogens (tertiary/aromatic N) is 2. The van der Waals surface area contributed by atoms with Crippen LogP contribution in [0.4, 0.5) is 0 Å². The van der Waals surface area contributed by atoms with E-state index >= 15 is 0 Å². The van der Waals surface area contributed by atoms with Gasteiger partial charge in [-0.1, -0.05) is 12.1 Å². The van der Waals surface area contributed by atoms with Crippen molar-refractivity contribution in [1.82, 2.24) is 20.2 Å². The van der Waals surface area contributed by atoms with Crippen LogP contribution in [0.1, 0.15) is 35.6 Å². The molecule has 1 aliphatic heterocycles. The first kappa shape index (κ1) is 20.5. The number of H-pyrrole nitrogens is 1. The number of aromatic nitrogens is 2. The lowest BCUT2D eigenvalue weighted by Gasteiger charge is -2.18. The summed E-state index contributed by atoms with van der Waals surface area (Å²) in [5.74, 6) is 0.924. The number of aromatic amines is 1. The van der Waals surface area contributed by atoms with E-state index in [1.807, 2.05) is 43.0 Å². The molecule has 0 atom stereocenters. The van der Waals surface area contributed by atoms with E-state index in [4.69, 9.17) is 0 Å². The van der Waals surface area contributed by atoms with Crippen LogP contribution in [0.25, 0.3) is 11.4 Å². The minimum Gasteiger partial charge on any atom is -0.341 e. The number of imidazole rings is 1. The highest BCUT2D eigenvalue weighted by atomic mass is 35.5. The Hall–Kier alpha value is -1.56. The minimum absolute atomic E-state index is 0. The number of benzene rings is 1. The Morgan fingerprint density at radius 1 is 1.25 bits per heavy atom. The summed E-state index contributed by atoms with van der Waals surface area (Å²) in [7, 11) is 0. The Balaban J connectivity index is 0.00000144. The summed E-state index contributed by atoms with van der Waals surface area (Å²) in [6.45, 7) is 7.25. The number of amides is 1. The minimum atomic E-state index is 0. The summed E-state index contributed by atoms with van der Waals surface area (Å²) in [5, 5.41) is 3.33. The van der Waals surface area contributed by atoms with Crippen molar-refractivity contribution in [3.63, 3.8) is 0 Å². The summed E-state index contributed by atoms with van der Waals surface area (Å²) in [6, 6.07) is 7.72. The highest BCUT2D eigenvalue weighted by Crippen LogP contribution is 2.21. The maximum atomic E-state index is 12.5. The predicted octanol–water partition coefficient (Wildman–Crippen LogP) is 3.05. The Bertz CT molecular complexity index is 659. The molecule has 0 spiro atoms. The summed E-state index contributed by atoms with van der Waals surface area (Å²) in [4.78, 5) is 22.4. The van der Waals surface area contributed by atoms with Crippen molar-refractivity contribution in [1.29, 1.82) is 0 Å². The van der Waals surface area contributed by atoms with Gasteiger partial charge in [-0.2, -0.15) is 0 Å². The van der Waals surface area contributed by atoms with Crippen molar-refractivity contribution in [2.24, 2.45) is 0 Å². The fraction of sp³-hybridized carbons (Fsp3) is 0.412. The molecule has 7 heteroatoms. The topological polar surface area (TPSA) is 61.0 Å². The lowest BCUT2D eigenvalue weighted by atomic mass is 10.1. The summed E-state index contributed by atoms with van der Waals surface area (Å²) in [5.41, 5.74) is 3.97. The Kier molecular flexibility index (Phi) is 7.73. The predicted molar refractivity (Wildman–Crippen MR) is 101 cm³/mol. The average Bonchev–Trinajstić information content (AvgIpc) is 3.00. The van der Waals surface area contributed by atoms with E-state index in [1.165, 1.54) is 0 Å². The standard InChI is InChI=1S/C17H22N4O.2ClH/c1-3-21(4-2)17(22)13-7-5-6-12(10-13)16-19-14-8-9-18-11-15(14)20-16;;/h5-7,10,18H,3-4,8-9,11H2,1-2H3,(H,19,20);2*1H. The number of rotatable bonds is 4. The molecule has 0 radical (unpaired) electrons.